The molecule has 266 valence electrons. The molecule has 2 heterocycles. The number of nitrogens with zero attached hydrogens (tertiary/aromatic N) is 3. The molecular weight excluding hydrogens is 693 g/mol. The maximum absolute atomic E-state index is 15.8. The van der Waals surface area contributed by atoms with Gasteiger partial charge in [0.2, 0.25) is 0 Å². The Kier molecular flexibility index (Phi) is 7.69. The summed E-state index contributed by atoms with van der Waals surface area (Å²) in [4.78, 5) is 0. The van der Waals surface area contributed by atoms with E-state index in [0.717, 1.165) is 65.9 Å². The second-order valence-electron chi connectivity index (χ2n) is 14.5. The summed E-state index contributed by atoms with van der Waals surface area (Å²) in [6, 6.07) is 55.8. The lowest BCUT2D eigenvalue weighted by atomic mass is 9.98. The van der Waals surface area contributed by atoms with Gasteiger partial charge in [-0.25, -0.2) is 8.78 Å². The Morgan fingerprint density at radius 1 is 0.411 bits per heavy atom. The van der Waals surface area contributed by atoms with Gasteiger partial charge in [-0.2, -0.15) is 5.26 Å². The van der Waals surface area contributed by atoms with Crippen LogP contribution in [0.1, 0.15) is 16.7 Å². The van der Waals surface area contributed by atoms with Crippen LogP contribution in [-0.4, -0.2) is 9.13 Å². The van der Waals surface area contributed by atoms with Gasteiger partial charge >= 0.3 is 0 Å². The van der Waals surface area contributed by atoms with Crippen molar-refractivity contribution in [2.75, 3.05) is 0 Å². The fourth-order valence-electron chi connectivity index (χ4n) is 8.31. The molecule has 0 unspecified atom stereocenters. The first kappa shape index (κ1) is 33.3. The van der Waals surface area contributed by atoms with Crippen LogP contribution < -0.4 is 0 Å². The lowest BCUT2D eigenvalue weighted by molar-refractivity contribution is 0.589. The maximum Gasteiger partial charge on any atom is 0.133 e. The van der Waals surface area contributed by atoms with Crippen LogP contribution in [0.15, 0.2) is 164 Å². The van der Waals surface area contributed by atoms with E-state index < -0.39 is 11.6 Å². The maximum atomic E-state index is 15.8. The van der Waals surface area contributed by atoms with Crippen LogP contribution in [0.2, 0.25) is 0 Å². The highest BCUT2D eigenvalue weighted by Crippen LogP contribution is 2.42. The van der Waals surface area contributed by atoms with Gasteiger partial charge in [-0.1, -0.05) is 114 Å². The van der Waals surface area contributed by atoms with Gasteiger partial charge in [0, 0.05) is 21.5 Å². The molecule has 0 saturated heterocycles. The first-order valence-electron chi connectivity index (χ1n) is 18.6. The van der Waals surface area contributed by atoms with Gasteiger partial charge in [-0.3, -0.25) is 0 Å². The third-order valence-electron chi connectivity index (χ3n) is 11.1. The first-order valence-corrected chi connectivity index (χ1v) is 18.6. The minimum Gasteiger partial charge on any atom is -0.308 e. The number of para-hydroxylation sites is 2. The molecule has 0 bridgehead atoms. The van der Waals surface area contributed by atoms with E-state index in [2.05, 4.69) is 126 Å². The van der Waals surface area contributed by atoms with Crippen molar-refractivity contribution in [1.82, 2.24) is 9.13 Å². The fraction of sp³-hybridized carbons (Fsp3) is 0.0392. The number of benzene rings is 8. The molecule has 0 spiro atoms. The largest absolute Gasteiger partial charge is 0.308 e. The first-order chi connectivity index (χ1) is 27.4. The normalized spacial score (nSPS) is 11.6. The lowest BCUT2D eigenvalue weighted by Gasteiger charge is -2.19. The molecule has 0 atom stereocenters. The summed E-state index contributed by atoms with van der Waals surface area (Å²) < 4.78 is 35.8. The standard InChI is InChI=1S/C51H33F2N3/c1-31-14-18-33(19-15-31)35-22-24-47-40(26-35)38-8-3-5-12-45(38)55(47)49-28-37(51-43(52)10-7-11-44(51)53)29-50(42(49)30-54)56-46-13-6-4-9-39(46)41-27-36(23-25-48(41)56)34-20-16-32(2)17-21-34/h3-29H,1-2H3. The van der Waals surface area contributed by atoms with E-state index in [1.165, 1.54) is 29.3 Å². The zero-order chi connectivity index (χ0) is 38.1. The van der Waals surface area contributed by atoms with E-state index in [0.29, 0.717) is 22.5 Å². The second-order valence-corrected chi connectivity index (χ2v) is 14.5. The van der Waals surface area contributed by atoms with E-state index in [9.17, 15) is 5.26 Å². The minimum atomic E-state index is -0.679. The second kappa shape index (κ2) is 12.9. The van der Waals surface area contributed by atoms with Crippen molar-refractivity contribution in [3.8, 4) is 50.8 Å². The van der Waals surface area contributed by atoms with Crippen molar-refractivity contribution < 1.29 is 8.78 Å². The molecule has 0 N–H and O–H groups in total. The number of hydrogen-bond acceptors (Lipinski definition) is 1. The molecule has 5 heteroatoms. The van der Waals surface area contributed by atoms with Gasteiger partial charge in [-0.05, 0) is 102 Å². The van der Waals surface area contributed by atoms with E-state index in [1.807, 2.05) is 36.4 Å². The highest BCUT2D eigenvalue weighted by Gasteiger charge is 2.24. The topological polar surface area (TPSA) is 33.6 Å². The van der Waals surface area contributed by atoms with Gasteiger partial charge in [-0.15, -0.1) is 0 Å². The molecule has 56 heavy (non-hydrogen) atoms. The number of fused-ring (bicyclic) bond motifs is 6. The highest BCUT2D eigenvalue weighted by molar-refractivity contribution is 6.12. The summed E-state index contributed by atoms with van der Waals surface area (Å²) in [7, 11) is 0. The summed E-state index contributed by atoms with van der Waals surface area (Å²) in [6.45, 7) is 4.15. The molecule has 0 aliphatic heterocycles. The van der Waals surface area contributed by atoms with Crippen LogP contribution in [0.3, 0.4) is 0 Å². The number of rotatable bonds is 5. The van der Waals surface area contributed by atoms with Gasteiger partial charge < -0.3 is 9.13 Å². The Morgan fingerprint density at radius 3 is 1.27 bits per heavy atom. The quantitative estimate of drug-likeness (QED) is 0.174. The molecule has 0 fully saturated rings. The van der Waals surface area contributed by atoms with Gasteiger partial charge in [0.25, 0.3) is 0 Å². The molecule has 0 saturated carbocycles. The molecule has 0 aliphatic rings. The molecule has 10 rings (SSSR count). The van der Waals surface area contributed by atoms with E-state index in [4.69, 9.17) is 0 Å². The van der Waals surface area contributed by atoms with Crippen LogP contribution in [0.5, 0.6) is 0 Å². The fourth-order valence-corrected chi connectivity index (χ4v) is 8.31. The summed E-state index contributed by atoms with van der Waals surface area (Å²) >= 11 is 0. The van der Waals surface area contributed by atoms with Gasteiger partial charge in [0.15, 0.2) is 0 Å². The van der Waals surface area contributed by atoms with Crippen LogP contribution in [0.4, 0.5) is 8.78 Å². The van der Waals surface area contributed by atoms with Crippen molar-refractivity contribution in [3.05, 3.63) is 192 Å². The third-order valence-corrected chi connectivity index (χ3v) is 11.1. The Balaban J connectivity index is 1.30. The molecular formula is C51H33F2N3. The third kappa shape index (κ3) is 5.22. The molecule has 0 radical (unpaired) electrons. The number of halogens is 2. The number of hydrogen-bond donors (Lipinski definition) is 0. The summed E-state index contributed by atoms with van der Waals surface area (Å²) in [6.07, 6.45) is 0. The number of nitriles is 1. The summed E-state index contributed by atoms with van der Waals surface area (Å²) in [5.74, 6) is -1.36. The van der Waals surface area contributed by atoms with Crippen LogP contribution in [-0.2, 0) is 0 Å². The lowest BCUT2D eigenvalue weighted by Crippen LogP contribution is -2.06. The molecule has 3 nitrogen and oxygen atoms in total. The number of aryl methyl sites for hydroxylation is 2. The molecule has 0 aliphatic carbocycles. The van der Waals surface area contributed by atoms with Crippen LogP contribution in [0.25, 0.3) is 88.4 Å². The summed E-state index contributed by atoms with van der Waals surface area (Å²) in [5.41, 5.74) is 11.8. The zero-order valence-electron chi connectivity index (χ0n) is 30.7. The summed E-state index contributed by atoms with van der Waals surface area (Å²) in [5, 5.41) is 15.3. The van der Waals surface area contributed by atoms with E-state index in [-0.39, 0.29) is 5.56 Å². The molecule has 2 aromatic heterocycles. The average molecular weight is 726 g/mol. The smallest absolute Gasteiger partial charge is 0.133 e. The SMILES string of the molecule is Cc1ccc(-c2ccc3c(c2)c2ccccc2n3-c2cc(-c3c(F)cccc3F)cc(-n3c4ccccc4c4cc(-c5ccc(C)cc5)ccc43)c2C#N)cc1. The predicted molar refractivity (Wildman–Crippen MR) is 226 cm³/mol. The number of aromatic nitrogens is 2. The Hall–Kier alpha value is -7.29. The molecule has 8 aromatic carbocycles. The Morgan fingerprint density at radius 2 is 0.821 bits per heavy atom. The van der Waals surface area contributed by atoms with Crippen LogP contribution in [0, 0.1) is 36.8 Å². The van der Waals surface area contributed by atoms with Crippen molar-refractivity contribution in [2.24, 2.45) is 0 Å². The van der Waals surface area contributed by atoms with E-state index in [1.54, 1.807) is 12.1 Å². The van der Waals surface area contributed by atoms with Crippen molar-refractivity contribution in [3.63, 3.8) is 0 Å². The van der Waals surface area contributed by atoms with Crippen LogP contribution >= 0.6 is 0 Å². The molecule has 10 aromatic rings. The van der Waals surface area contributed by atoms with Crippen molar-refractivity contribution >= 4 is 43.6 Å². The van der Waals surface area contributed by atoms with Gasteiger partial charge in [0.1, 0.15) is 23.3 Å². The average Bonchev–Trinajstić information content (AvgIpc) is 3.73. The Bertz CT molecular complexity index is 3030. The van der Waals surface area contributed by atoms with Crippen molar-refractivity contribution in [1.29, 1.82) is 5.26 Å². The predicted octanol–water partition coefficient (Wildman–Crippen LogP) is 13.6. The monoisotopic (exact) mass is 725 g/mol. The Labute approximate surface area is 322 Å². The zero-order valence-corrected chi connectivity index (χ0v) is 30.7. The minimum absolute atomic E-state index is 0.149. The van der Waals surface area contributed by atoms with Crippen molar-refractivity contribution in [2.45, 2.75) is 13.8 Å². The molecule has 0 amide bonds. The van der Waals surface area contributed by atoms with E-state index >= 15 is 8.78 Å². The van der Waals surface area contributed by atoms with Gasteiger partial charge in [0.05, 0.1) is 39.0 Å². The highest BCUT2D eigenvalue weighted by atomic mass is 19.1.